The second-order valence-corrected chi connectivity index (χ2v) is 9.22. The molecule has 1 aromatic heterocycles. The van der Waals surface area contributed by atoms with Gasteiger partial charge >= 0.3 is 6.03 Å². The van der Waals surface area contributed by atoms with Gasteiger partial charge in [0.2, 0.25) is 5.91 Å². The van der Waals surface area contributed by atoms with Crippen LogP contribution in [0.4, 0.5) is 10.5 Å². The number of methoxy groups -OCH3 is 1. The minimum absolute atomic E-state index is 0.416. The van der Waals surface area contributed by atoms with Crippen LogP contribution in [-0.2, 0) is 15.1 Å². The van der Waals surface area contributed by atoms with E-state index in [0.29, 0.717) is 16.9 Å². The van der Waals surface area contributed by atoms with Crippen molar-refractivity contribution in [3.05, 3.63) is 83.7 Å². The van der Waals surface area contributed by atoms with E-state index in [1.165, 1.54) is 0 Å². The van der Waals surface area contributed by atoms with Crippen LogP contribution in [0.2, 0.25) is 0 Å². The number of carbonyl (C=O) groups excluding carboxylic acids is 3. The maximum Gasteiger partial charge on any atom is 0.325 e. The Balaban J connectivity index is 1.35. The Morgan fingerprint density at radius 2 is 1.73 bits per heavy atom. The van der Waals surface area contributed by atoms with E-state index < -0.39 is 29.9 Å². The lowest BCUT2D eigenvalue weighted by Crippen LogP contribution is -2.42. The van der Waals surface area contributed by atoms with Gasteiger partial charge < -0.3 is 15.4 Å². The molecule has 3 aromatic carbocycles. The molecule has 9 heteroatoms. The number of fused-ring (bicyclic) bond motifs is 1. The summed E-state index contributed by atoms with van der Waals surface area (Å²) in [5, 5.41) is 12.0. The molecule has 2 heterocycles. The van der Waals surface area contributed by atoms with Crippen LogP contribution in [0.15, 0.2) is 66.7 Å². The molecule has 0 bridgehead atoms. The van der Waals surface area contributed by atoms with Gasteiger partial charge in [0.15, 0.2) is 0 Å². The van der Waals surface area contributed by atoms with Gasteiger partial charge in [0.05, 0.1) is 29.9 Å². The van der Waals surface area contributed by atoms with Crippen molar-refractivity contribution in [3.8, 4) is 11.4 Å². The molecule has 0 radical (unpaired) electrons. The SMILES string of the molecule is COc1ccc2cc(C3(C)NC(=O)N(CC(=O)Nc4c(C)nn(-c5ccccc5)c4C)C3=O)ccc2c1. The lowest BCUT2D eigenvalue weighted by atomic mass is 9.90. The van der Waals surface area contributed by atoms with E-state index in [2.05, 4.69) is 15.7 Å². The van der Waals surface area contributed by atoms with Crippen LogP contribution in [0.25, 0.3) is 16.5 Å². The fourth-order valence-corrected chi connectivity index (χ4v) is 4.66. The Bertz CT molecular complexity index is 1550. The van der Waals surface area contributed by atoms with Gasteiger partial charge in [0, 0.05) is 0 Å². The van der Waals surface area contributed by atoms with Gasteiger partial charge in [-0.3, -0.25) is 14.5 Å². The Hall–Kier alpha value is -4.66. The van der Waals surface area contributed by atoms with E-state index in [1.807, 2.05) is 67.6 Å². The smallest absolute Gasteiger partial charge is 0.325 e. The molecule has 0 saturated carbocycles. The maximum atomic E-state index is 13.4. The lowest BCUT2D eigenvalue weighted by molar-refractivity contribution is -0.133. The van der Waals surface area contributed by atoms with Crippen molar-refractivity contribution in [2.75, 3.05) is 19.0 Å². The maximum absolute atomic E-state index is 13.4. The number of rotatable bonds is 6. The van der Waals surface area contributed by atoms with Crippen molar-refractivity contribution >= 4 is 34.3 Å². The number of aromatic nitrogens is 2. The molecule has 4 amide bonds. The van der Waals surface area contributed by atoms with E-state index in [4.69, 9.17) is 4.74 Å². The van der Waals surface area contributed by atoms with Gasteiger partial charge in [-0.1, -0.05) is 36.4 Å². The number of benzene rings is 3. The number of nitrogens with zero attached hydrogens (tertiary/aromatic N) is 3. The zero-order valence-corrected chi connectivity index (χ0v) is 21.0. The number of hydrogen-bond donors (Lipinski definition) is 2. The van der Waals surface area contributed by atoms with Crippen LogP contribution < -0.4 is 15.4 Å². The summed E-state index contributed by atoms with van der Waals surface area (Å²) in [5.41, 5.74) is 2.12. The molecule has 1 aliphatic heterocycles. The average molecular weight is 498 g/mol. The summed E-state index contributed by atoms with van der Waals surface area (Å²) >= 11 is 0. The van der Waals surface area contributed by atoms with Gasteiger partial charge in [0.25, 0.3) is 5.91 Å². The number of hydrogen-bond acceptors (Lipinski definition) is 5. The third-order valence-corrected chi connectivity index (χ3v) is 6.76. The highest BCUT2D eigenvalue weighted by atomic mass is 16.5. The first-order valence-electron chi connectivity index (χ1n) is 11.8. The number of urea groups is 1. The topological polar surface area (TPSA) is 106 Å². The predicted octanol–water partition coefficient (Wildman–Crippen LogP) is 4.06. The normalized spacial score (nSPS) is 17.2. The summed E-state index contributed by atoms with van der Waals surface area (Å²) in [6.45, 7) is 4.87. The van der Waals surface area contributed by atoms with Gasteiger partial charge in [0.1, 0.15) is 17.8 Å². The van der Waals surface area contributed by atoms with E-state index in [1.54, 1.807) is 31.7 Å². The minimum atomic E-state index is -1.30. The number of ether oxygens (including phenoxy) is 1. The molecule has 1 saturated heterocycles. The summed E-state index contributed by atoms with van der Waals surface area (Å²) in [5.74, 6) is -0.250. The monoisotopic (exact) mass is 497 g/mol. The first-order valence-corrected chi connectivity index (χ1v) is 11.8. The highest BCUT2D eigenvalue weighted by Gasteiger charge is 2.49. The van der Waals surface area contributed by atoms with Crippen molar-refractivity contribution in [3.63, 3.8) is 0 Å². The summed E-state index contributed by atoms with van der Waals surface area (Å²) in [7, 11) is 1.60. The van der Waals surface area contributed by atoms with Crippen molar-refractivity contribution < 1.29 is 19.1 Å². The average Bonchev–Trinajstić information content (AvgIpc) is 3.30. The molecule has 2 N–H and O–H groups in total. The number of nitrogens with one attached hydrogen (secondary N) is 2. The zero-order chi connectivity index (χ0) is 26.3. The van der Waals surface area contributed by atoms with E-state index >= 15 is 0 Å². The highest BCUT2D eigenvalue weighted by molar-refractivity contribution is 6.10. The van der Waals surface area contributed by atoms with Crippen LogP contribution in [0.5, 0.6) is 5.75 Å². The van der Waals surface area contributed by atoms with Crippen LogP contribution in [-0.4, -0.2) is 46.2 Å². The van der Waals surface area contributed by atoms with E-state index in [9.17, 15) is 14.4 Å². The second kappa shape index (κ2) is 9.09. The largest absolute Gasteiger partial charge is 0.497 e. The number of anilines is 1. The number of imide groups is 1. The molecule has 1 unspecified atom stereocenters. The number of carbonyl (C=O) groups is 3. The highest BCUT2D eigenvalue weighted by Crippen LogP contribution is 2.32. The third kappa shape index (κ3) is 4.18. The molecule has 1 aliphatic rings. The molecular weight excluding hydrogens is 470 g/mol. The molecule has 1 atom stereocenters. The molecule has 0 spiro atoms. The number of aryl methyl sites for hydroxylation is 1. The van der Waals surface area contributed by atoms with Crippen molar-refractivity contribution in [2.24, 2.45) is 0 Å². The van der Waals surface area contributed by atoms with E-state index in [0.717, 1.165) is 32.8 Å². The third-order valence-electron chi connectivity index (χ3n) is 6.76. The standard InChI is InChI=1S/C28H27N5O4/c1-17-25(18(2)33(31-17)22-8-6-5-7-9-22)29-24(34)16-32-26(35)28(3,30-27(32)36)21-12-10-20-15-23(37-4)13-11-19(20)14-21/h5-15H,16H2,1-4H3,(H,29,34)(H,30,36). The first-order chi connectivity index (χ1) is 17.7. The van der Waals surface area contributed by atoms with Crippen LogP contribution >= 0.6 is 0 Å². The van der Waals surface area contributed by atoms with E-state index in [-0.39, 0.29) is 0 Å². The van der Waals surface area contributed by atoms with Gasteiger partial charge in [-0.15, -0.1) is 0 Å². The lowest BCUT2D eigenvalue weighted by Gasteiger charge is -2.22. The van der Waals surface area contributed by atoms with Crippen LogP contribution in [0, 0.1) is 13.8 Å². The molecule has 4 aromatic rings. The zero-order valence-electron chi connectivity index (χ0n) is 21.0. The van der Waals surface area contributed by atoms with Gasteiger partial charge in [-0.25, -0.2) is 9.48 Å². The molecule has 9 nitrogen and oxygen atoms in total. The van der Waals surface area contributed by atoms with Gasteiger partial charge in [-0.2, -0.15) is 5.10 Å². The molecule has 37 heavy (non-hydrogen) atoms. The van der Waals surface area contributed by atoms with Crippen LogP contribution in [0.1, 0.15) is 23.9 Å². The fraction of sp³-hybridized carbons (Fsp3) is 0.214. The fourth-order valence-electron chi connectivity index (χ4n) is 4.66. The minimum Gasteiger partial charge on any atom is -0.497 e. The van der Waals surface area contributed by atoms with Crippen molar-refractivity contribution in [1.29, 1.82) is 0 Å². The Morgan fingerprint density at radius 3 is 2.46 bits per heavy atom. The van der Waals surface area contributed by atoms with Crippen LogP contribution in [0.3, 0.4) is 0 Å². The molecule has 5 rings (SSSR count). The summed E-state index contributed by atoms with van der Waals surface area (Å²) in [4.78, 5) is 40.1. The molecule has 1 fully saturated rings. The number of para-hydroxylation sites is 1. The predicted molar refractivity (Wildman–Crippen MR) is 140 cm³/mol. The molecule has 188 valence electrons. The second-order valence-electron chi connectivity index (χ2n) is 9.22. The first kappa shape index (κ1) is 24.1. The number of amides is 4. The van der Waals surface area contributed by atoms with Crippen molar-refractivity contribution in [1.82, 2.24) is 20.0 Å². The quantitative estimate of drug-likeness (QED) is 0.391. The Labute approximate surface area is 214 Å². The summed E-state index contributed by atoms with van der Waals surface area (Å²) in [6, 6.07) is 20.1. The molecular formula is C28H27N5O4. The molecule has 0 aliphatic carbocycles. The van der Waals surface area contributed by atoms with Gasteiger partial charge in [-0.05, 0) is 67.4 Å². The Kier molecular flexibility index (Phi) is 5.91. The summed E-state index contributed by atoms with van der Waals surface area (Å²) in [6.07, 6.45) is 0. The summed E-state index contributed by atoms with van der Waals surface area (Å²) < 4.78 is 7.02. The van der Waals surface area contributed by atoms with Crippen molar-refractivity contribution in [2.45, 2.75) is 26.3 Å². The Morgan fingerprint density at radius 1 is 1.03 bits per heavy atom.